The van der Waals surface area contributed by atoms with Crippen molar-refractivity contribution in [3.05, 3.63) is 0 Å². The summed E-state index contributed by atoms with van der Waals surface area (Å²) >= 11 is 0. The summed E-state index contributed by atoms with van der Waals surface area (Å²) in [5.41, 5.74) is 6.38. The predicted molar refractivity (Wildman–Crippen MR) is 67.1 cm³/mol. The molecule has 3 fully saturated rings. The van der Waals surface area contributed by atoms with Gasteiger partial charge in [0.15, 0.2) is 0 Å². The Bertz CT molecular complexity index is 251. The minimum atomic E-state index is 0.527. The van der Waals surface area contributed by atoms with E-state index in [4.69, 9.17) is 5.73 Å². The molecule has 1 heterocycles. The molecule has 1 saturated heterocycles. The zero-order valence-corrected chi connectivity index (χ0v) is 10.6. The van der Waals surface area contributed by atoms with E-state index in [1.165, 1.54) is 51.7 Å². The average molecular weight is 222 g/mol. The highest BCUT2D eigenvalue weighted by Crippen LogP contribution is 2.48. The molecule has 2 bridgehead atoms. The molecule has 2 nitrogen and oxygen atoms in total. The molecule has 0 radical (unpaired) electrons. The fraction of sp³-hybridized carbons (Fsp3) is 1.00. The van der Waals surface area contributed by atoms with Crippen LogP contribution in [0.1, 0.15) is 39.0 Å². The molecule has 0 amide bonds. The summed E-state index contributed by atoms with van der Waals surface area (Å²) in [6.07, 6.45) is 7.11. The van der Waals surface area contributed by atoms with Crippen LogP contribution >= 0.6 is 0 Å². The molecule has 1 aliphatic heterocycles. The third-order valence-corrected chi connectivity index (χ3v) is 5.57. The van der Waals surface area contributed by atoms with E-state index in [1.807, 2.05) is 0 Å². The molecular weight excluding hydrogens is 196 g/mol. The average Bonchev–Trinajstić information content (AvgIpc) is 2.97. The Morgan fingerprint density at radius 3 is 2.62 bits per heavy atom. The van der Waals surface area contributed by atoms with E-state index in [-0.39, 0.29) is 0 Å². The third kappa shape index (κ3) is 1.80. The first-order valence-corrected chi connectivity index (χ1v) is 7.26. The van der Waals surface area contributed by atoms with Crippen molar-refractivity contribution in [1.29, 1.82) is 0 Å². The molecule has 0 aromatic heterocycles. The van der Waals surface area contributed by atoms with Gasteiger partial charge in [0.25, 0.3) is 0 Å². The van der Waals surface area contributed by atoms with Gasteiger partial charge in [-0.05, 0) is 55.9 Å². The zero-order valence-electron chi connectivity index (χ0n) is 10.6. The van der Waals surface area contributed by atoms with Gasteiger partial charge in [-0.2, -0.15) is 0 Å². The van der Waals surface area contributed by atoms with E-state index in [2.05, 4.69) is 11.8 Å². The number of fused-ring (bicyclic) bond motifs is 2. The minimum absolute atomic E-state index is 0.527. The lowest BCUT2D eigenvalue weighted by Gasteiger charge is -2.31. The Labute approximate surface area is 99.6 Å². The fourth-order valence-corrected chi connectivity index (χ4v) is 4.44. The molecule has 0 aromatic rings. The van der Waals surface area contributed by atoms with Gasteiger partial charge in [0.05, 0.1) is 0 Å². The van der Waals surface area contributed by atoms with Crippen LogP contribution in [0.15, 0.2) is 0 Å². The lowest BCUT2D eigenvalue weighted by molar-refractivity contribution is 0.194. The minimum Gasteiger partial charge on any atom is -0.327 e. The second-order valence-electron chi connectivity index (χ2n) is 6.40. The second kappa shape index (κ2) is 4.30. The number of nitrogens with two attached hydrogens (primary N) is 1. The van der Waals surface area contributed by atoms with E-state index in [9.17, 15) is 0 Å². The third-order valence-electron chi connectivity index (χ3n) is 5.57. The summed E-state index contributed by atoms with van der Waals surface area (Å²) in [5, 5.41) is 0. The number of nitrogens with zero attached hydrogens (tertiary/aromatic N) is 1. The first-order valence-electron chi connectivity index (χ1n) is 7.26. The van der Waals surface area contributed by atoms with Gasteiger partial charge in [0.2, 0.25) is 0 Å². The Balaban J connectivity index is 1.55. The monoisotopic (exact) mass is 222 g/mol. The van der Waals surface area contributed by atoms with Crippen molar-refractivity contribution in [2.24, 2.45) is 29.4 Å². The Hall–Kier alpha value is -0.0800. The van der Waals surface area contributed by atoms with Crippen LogP contribution in [0.4, 0.5) is 0 Å². The molecular formula is C14H26N2. The van der Waals surface area contributed by atoms with Crippen LogP contribution in [0.3, 0.4) is 0 Å². The lowest BCUT2D eigenvalue weighted by Crippen LogP contribution is -2.42. The predicted octanol–water partition coefficient (Wildman–Crippen LogP) is 2.09. The molecule has 3 rings (SSSR count). The summed E-state index contributed by atoms with van der Waals surface area (Å²) in [6, 6.07) is 0.527. The van der Waals surface area contributed by atoms with Gasteiger partial charge in [-0.15, -0.1) is 0 Å². The van der Waals surface area contributed by atoms with Crippen LogP contribution in [0.25, 0.3) is 0 Å². The van der Waals surface area contributed by atoms with Gasteiger partial charge in [0, 0.05) is 19.1 Å². The summed E-state index contributed by atoms with van der Waals surface area (Å²) in [5.74, 6) is 3.64. The molecule has 2 saturated carbocycles. The Morgan fingerprint density at radius 2 is 2.00 bits per heavy atom. The van der Waals surface area contributed by atoms with Gasteiger partial charge < -0.3 is 10.6 Å². The Morgan fingerprint density at radius 1 is 1.19 bits per heavy atom. The summed E-state index contributed by atoms with van der Waals surface area (Å²) in [7, 11) is 0. The van der Waals surface area contributed by atoms with Crippen LogP contribution < -0.4 is 5.73 Å². The van der Waals surface area contributed by atoms with E-state index < -0.39 is 0 Å². The molecule has 3 aliphatic rings. The van der Waals surface area contributed by atoms with E-state index in [0.29, 0.717) is 6.04 Å². The van der Waals surface area contributed by atoms with E-state index in [1.54, 1.807) is 0 Å². The summed E-state index contributed by atoms with van der Waals surface area (Å²) in [4.78, 5) is 2.69. The van der Waals surface area contributed by atoms with Gasteiger partial charge >= 0.3 is 0 Å². The molecule has 16 heavy (non-hydrogen) atoms. The maximum atomic E-state index is 6.38. The number of likely N-dealkylation sites (tertiary alicyclic amines) is 1. The van der Waals surface area contributed by atoms with Gasteiger partial charge in [-0.25, -0.2) is 0 Å². The highest BCUT2D eigenvalue weighted by atomic mass is 15.2. The van der Waals surface area contributed by atoms with Crippen molar-refractivity contribution < 1.29 is 0 Å². The molecule has 0 aromatic carbocycles. The van der Waals surface area contributed by atoms with Crippen LogP contribution in [-0.4, -0.2) is 30.6 Å². The van der Waals surface area contributed by atoms with Crippen LogP contribution in [-0.2, 0) is 0 Å². The van der Waals surface area contributed by atoms with Crippen LogP contribution in [0.5, 0.6) is 0 Å². The standard InChI is InChI=1S/C14H26N2/c1-2-10-5-6-16(8-10)9-13-11-3-4-12(7-11)14(13)15/h10-14H,2-9,15H2,1H3. The van der Waals surface area contributed by atoms with Gasteiger partial charge in [-0.3, -0.25) is 0 Å². The lowest BCUT2D eigenvalue weighted by atomic mass is 9.84. The Kier molecular flexibility index (Phi) is 2.97. The van der Waals surface area contributed by atoms with Gasteiger partial charge in [0.1, 0.15) is 0 Å². The number of rotatable bonds is 3. The maximum Gasteiger partial charge on any atom is 0.0111 e. The van der Waals surface area contributed by atoms with Crippen molar-refractivity contribution in [2.75, 3.05) is 19.6 Å². The molecule has 2 heteroatoms. The number of hydrogen-bond acceptors (Lipinski definition) is 2. The molecule has 5 unspecified atom stereocenters. The SMILES string of the molecule is CCC1CCN(CC2C3CCC(C3)C2N)C1. The van der Waals surface area contributed by atoms with Crippen molar-refractivity contribution in [2.45, 2.75) is 45.1 Å². The first-order chi connectivity index (χ1) is 7.78. The second-order valence-corrected chi connectivity index (χ2v) is 6.40. The van der Waals surface area contributed by atoms with Crippen LogP contribution in [0.2, 0.25) is 0 Å². The molecule has 0 spiro atoms. The molecule has 2 N–H and O–H groups in total. The largest absolute Gasteiger partial charge is 0.327 e. The first kappa shape index (κ1) is 11.0. The van der Waals surface area contributed by atoms with E-state index in [0.717, 1.165) is 23.7 Å². The zero-order chi connectivity index (χ0) is 11.1. The van der Waals surface area contributed by atoms with Crippen molar-refractivity contribution >= 4 is 0 Å². The van der Waals surface area contributed by atoms with Crippen molar-refractivity contribution in [3.8, 4) is 0 Å². The topological polar surface area (TPSA) is 29.3 Å². The molecule has 92 valence electrons. The highest BCUT2D eigenvalue weighted by Gasteiger charge is 2.46. The smallest absolute Gasteiger partial charge is 0.0111 e. The maximum absolute atomic E-state index is 6.38. The summed E-state index contributed by atoms with van der Waals surface area (Å²) in [6.45, 7) is 6.31. The van der Waals surface area contributed by atoms with Crippen molar-refractivity contribution in [3.63, 3.8) is 0 Å². The quantitative estimate of drug-likeness (QED) is 0.792. The molecule has 2 aliphatic carbocycles. The van der Waals surface area contributed by atoms with Crippen LogP contribution in [0, 0.1) is 23.7 Å². The normalized spacial score (nSPS) is 48.0. The highest BCUT2D eigenvalue weighted by molar-refractivity contribution is 5.00. The van der Waals surface area contributed by atoms with Crippen molar-refractivity contribution in [1.82, 2.24) is 4.90 Å². The summed E-state index contributed by atoms with van der Waals surface area (Å²) < 4.78 is 0. The van der Waals surface area contributed by atoms with Gasteiger partial charge in [-0.1, -0.05) is 13.3 Å². The fourth-order valence-electron chi connectivity index (χ4n) is 4.44. The van der Waals surface area contributed by atoms with E-state index >= 15 is 0 Å². The molecule has 5 atom stereocenters. The number of hydrogen-bond donors (Lipinski definition) is 1.